The molecule has 0 aliphatic heterocycles. The number of nitrogens with zero attached hydrogens (tertiary/aromatic N) is 1. The van der Waals surface area contributed by atoms with Crippen LogP contribution < -0.4 is 4.74 Å². The minimum atomic E-state index is -0.898. The van der Waals surface area contributed by atoms with E-state index in [1.165, 1.54) is 12.1 Å². The zero-order chi connectivity index (χ0) is 15.4. The normalized spacial score (nSPS) is 10.4. The Morgan fingerprint density at radius 3 is 2.71 bits per heavy atom. The summed E-state index contributed by atoms with van der Waals surface area (Å²) < 4.78 is 19.9. The summed E-state index contributed by atoms with van der Waals surface area (Å²) >= 11 is 3.28. The number of aliphatic hydroxyl groups excluding tert-OH is 1. The van der Waals surface area contributed by atoms with Gasteiger partial charge >= 0.3 is 5.69 Å². The Balaban J connectivity index is 2.17. The van der Waals surface area contributed by atoms with Gasteiger partial charge in [0, 0.05) is 11.6 Å². The quantitative estimate of drug-likeness (QED) is 0.657. The molecule has 0 saturated heterocycles. The van der Waals surface area contributed by atoms with E-state index in [0.717, 1.165) is 6.07 Å². The summed E-state index contributed by atoms with van der Waals surface area (Å²) in [4.78, 5) is 9.89. The number of hydrogen-bond acceptors (Lipinski definition) is 4. The summed E-state index contributed by atoms with van der Waals surface area (Å²) in [5, 5.41) is 19.7. The van der Waals surface area contributed by atoms with Gasteiger partial charge in [0.15, 0.2) is 0 Å². The molecule has 5 nitrogen and oxygen atoms in total. The van der Waals surface area contributed by atoms with E-state index in [1.54, 1.807) is 18.2 Å². The van der Waals surface area contributed by atoms with Crippen LogP contribution in [0.5, 0.6) is 5.75 Å². The van der Waals surface area contributed by atoms with E-state index in [-0.39, 0.29) is 18.8 Å². The van der Waals surface area contributed by atoms with Crippen LogP contribution in [0.3, 0.4) is 0 Å². The minimum Gasteiger partial charge on any atom is -0.488 e. The number of benzene rings is 2. The van der Waals surface area contributed by atoms with Crippen molar-refractivity contribution in [2.24, 2.45) is 0 Å². The lowest BCUT2D eigenvalue weighted by atomic mass is 10.2. The largest absolute Gasteiger partial charge is 0.488 e. The number of aliphatic hydroxyl groups is 1. The Kier molecular flexibility index (Phi) is 4.87. The summed E-state index contributed by atoms with van der Waals surface area (Å²) in [5.41, 5.74) is 0.226. The van der Waals surface area contributed by atoms with E-state index in [2.05, 4.69) is 15.9 Å². The van der Waals surface area contributed by atoms with Crippen molar-refractivity contribution >= 4 is 21.6 Å². The van der Waals surface area contributed by atoms with Gasteiger partial charge in [-0.2, -0.15) is 4.39 Å². The Hall–Kier alpha value is -1.99. The molecule has 0 radical (unpaired) electrons. The first-order chi connectivity index (χ1) is 10.0. The standard InChI is InChI=1S/C14H11BrFNO4/c15-11-6-9(7-18)4-5-13(11)21-8-10-2-1-3-12(14(10)16)17(19)20/h1-6,18H,7-8H2. The maximum atomic E-state index is 13.9. The van der Waals surface area contributed by atoms with Crippen LogP contribution in [0.4, 0.5) is 10.1 Å². The number of ether oxygens (including phenoxy) is 1. The lowest BCUT2D eigenvalue weighted by Crippen LogP contribution is -2.02. The van der Waals surface area contributed by atoms with Crippen molar-refractivity contribution in [2.75, 3.05) is 0 Å². The van der Waals surface area contributed by atoms with Crippen LogP contribution in [0.15, 0.2) is 40.9 Å². The SMILES string of the molecule is O=[N+]([O-])c1cccc(COc2ccc(CO)cc2Br)c1F. The summed E-state index contributed by atoms with van der Waals surface area (Å²) in [7, 11) is 0. The van der Waals surface area contributed by atoms with Crippen molar-refractivity contribution in [3.05, 3.63) is 67.9 Å². The number of nitro groups is 1. The van der Waals surface area contributed by atoms with Crippen LogP contribution >= 0.6 is 15.9 Å². The van der Waals surface area contributed by atoms with Crippen LogP contribution in [-0.4, -0.2) is 10.0 Å². The van der Waals surface area contributed by atoms with Gasteiger partial charge in [-0.05, 0) is 33.6 Å². The van der Waals surface area contributed by atoms with Crippen LogP contribution in [0.2, 0.25) is 0 Å². The molecule has 2 aromatic carbocycles. The molecule has 7 heteroatoms. The van der Waals surface area contributed by atoms with Gasteiger partial charge in [-0.15, -0.1) is 0 Å². The molecule has 0 fully saturated rings. The molecular weight excluding hydrogens is 345 g/mol. The average molecular weight is 356 g/mol. The van der Waals surface area contributed by atoms with E-state index in [1.807, 2.05) is 0 Å². The molecule has 0 aromatic heterocycles. The summed E-state index contributed by atoms with van der Waals surface area (Å²) in [6.45, 7) is -0.233. The first-order valence-corrected chi connectivity index (χ1v) is 6.76. The maximum absolute atomic E-state index is 13.9. The second-order valence-corrected chi connectivity index (χ2v) is 5.07. The van der Waals surface area contributed by atoms with E-state index in [0.29, 0.717) is 15.8 Å². The Labute approximate surface area is 128 Å². The predicted molar refractivity (Wildman–Crippen MR) is 77.5 cm³/mol. The van der Waals surface area contributed by atoms with Gasteiger partial charge in [0.1, 0.15) is 12.4 Å². The van der Waals surface area contributed by atoms with Crippen molar-refractivity contribution < 1.29 is 19.2 Å². The second-order valence-electron chi connectivity index (χ2n) is 4.22. The van der Waals surface area contributed by atoms with Gasteiger partial charge < -0.3 is 9.84 Å². The van der Waals surface area contributed by atoms with Gasteiger partial charge in [-0.3, -0.25) is 10.1 Å². The third-order valence-corrected chi connectivity index (χ3v) is 3.44. The summed E-state index contributed by atoms with van der Waals surface area (Å²) in [5.74, 6) is -0.441. The molecule has 2 aromatic rings. The highest BCUT2D eigenvalue weighted by Gasteiger charge is 2.17. The predicted octanol–water partition coefficient (Wildman–Crippen LogP) is 3.57. The Bertz CT molecular complexity index is 678. The minimum absolute atomic E-state index is 0.0988. The van der Waals surface area contributed by atoms with Gasteiger partial charge in [-0.25, -0.2) is 0 Å². The molecule has 21 heavy (non-hydrogen) atoms. The summed E-state index contributed by atoms with van der Waals surface area (Å²) in [6.07, 6.45) is 0. The molecule has 110 valence electrons. The second kappa shape index (κ2) is 6.64. The highest BCUT2D eigenvalue weighted by Crippen LogP contribution is 2.28. The van der Waals surface area contributed by atoms with Crippen molar-refractivity contribution in [3.63, 3.8) is 0 Å². The molecule has 0 bridgehead atoms. The van der Waals surface area contributed by atoms with Gasteiger partial charge in [0.05, 0.1) is 16.0 Å². The lowest BCUT2D eigenvalue weighted by Gasteiger charge is -2.10. The van der Waals surface area contributed by atoms with Crippen molar-refractivity contribution in [1.82, 2.24) is 0 Å². The first-order valence-electron chi connectivity index (χ1n) is 5.96. The average Bonchev–Trinajstić information content (AvgIpc) is 2.46. The maximum Gasteiger partial charge on any atom is 0.305 e. The summed E-state index contributed by atoms with van der Waals surface area (Å²) in [6, 6.07) is 8.92. The molecule has 0 atom stereocenters. The molecule has 0 heterocycles. The van der Waals surface area contributed by atoms with Crippen molar-refractivity contribution in [2.45, 2.75) is 13.2 Å². The van der Waals surface area contributed by atoms with E-state index in [4.69, 9.17) is 9.84 Å². The van der Waals surface area contributed by atoms with Crippen LogP contribution in [0, 0.1) is 15.9 Å². The van der Waals surface area contributed by atoms with Gasteiger partial charge in [0.25, 0.3) is 0 Å². The van der Waals surface area contributed by atoms with Gasteiger partial charge in [-0.1, -0.05) is 18.2 Å². The molecule has 0 spiro atoms. The topological polar surface area (TPSA) is 72.6 Å². The number of nitro benzene ring substituents is 1. The molecular formula is C14H11BrFNO4. The first kappa shape index (κ1) is 15.4. The molecule has 0 unspecified atom stereocenters. The van der Waals surface area contributed by atoms with Crippen molar-refractivity contribution in [3.8, 4) is 5.75 Å². The Morgan fingerprint density at radius 2 is 2.10 bits per heavy atom. The van der Waals surface area contributed by atoms with Gasteiger partial charge in [0.2, 0.25) is 5.82 Å². The van der Waals surface area contributed by atoms with E-state index in [9.17, 15) is 14.5 Å². The lowest BCUT2D eigenvalue weighted by molar-refractivity contribution is -0.387. The highest BCUT2D eigenvalue weighted by atomic mass is 79.9. The number of halogens is 2. The molecule has 0 aliphatic rings. The van der Waals surface area contributed by atoms with Crippen molar-refractivity contribution in [1.29, 1.82) is 0 Å². The molecule has 0 aliphatic carbocycles. The fourth-order valence-corrected chi connectivity index (χ4v) is 2.27. The monoisotopic (exact) mass is 355 g/mol. The third kappa shape index (κ3) is 3.56. The molecule has 0 amide bonds. The molecule has 2 rings (SSSR count). The van der Waals surface area contributed by atoms with E-state index < -0.39 is 16.4 Å². The fourth-order valence-electron chi connectivity index (χ4n) is 1.73. The zero-order valence-corrected chi connectivity index (χ0v) is 12.3. The van der Waals surface area contributed by atoms with Crippen LogP contribution in [0.1, 0.15) is 11.1 Å². The van der Waals surface area contributed by atoms with Crippen LogP contribution in [0.25, 0.3) is 0 Å². The number of hydrogen-bond donors (Lipinski definition) is 1. The smallest absolute Gasteiger partial charge is 0.305 e. The molecule has 1 N–H and O–H groups in total. The zero-order valence-electron chi connectivity index (χ0n) is 10.8. The number of rotatable bonds is 5. The van der Waals surface area contributed by atoms with Crippen LogP contribution in [-0.2, 0) is 13.2 Å². The Morgan fingerprint density at radius 1 is 1.33 bits per heavy atom. The third-order valence-electron chi connectivity index (χ3n) is 2.82. The highest BCUT2D eigenvalue weighted by molar-refractivity contribution is 9.10. The fraction of sp³-hybridized carbons (Fsp3) is 0.143. The van der Waals surface area contributed by atoms with E-state index >= 15 is 0 Å². The molecule has 0 saturated carbocycles.